The summed E-state index contributed by atoms with van der Waals surface area (Å²) in [6.07, 6.45) is 1.72. The van der Waals surface area contributed by atoms with Gasteiger partial charge in [-0.3, -0.25) is 9.10 Å². The Labute approximate surface area is 143 Å². The van der Waals surface area contributed by atoms with Gasteiger partial charge in [0.2, 0.25) is 15.9 Å². The van der Waals surface area contributed by atoms with Crippen molar-refractivity contribution in [1.29, 1.82) is 0 Å². The molecule has 0 bridgehead atoms. The largest absolute Gasteiger partial charge is 0.462 e. The van der Waals surface area contributed by atoms with Crippen LogP contribution in [0.25, 0.3) is 0 Å². The summed E-state index contributed by atoms with van der Waals surface area (Å²) in [6.45, 7) is 5.17. The Kier molecular flexibility index (Phi) is 7.21. The topological polar surface area (TPSA) is 92.8 Å². The van der Waals surface area contributed by atoms with Crippen LogP contribution in [0.1, 0.15) is 37.6 Å². The first kappa shape index (κ1) is 20.0. The third kappa shape index (κ3) is 5.52. The third-order valence-corrected chi connectivity index (χ3v) is 4.50. The van der Waals surface area contributed by atoms with E-state index in [1.54, 1.807) is 19.1 Å². The van der Waals surface area contributed by atoms with Crippen LogP contribution in [-0.4, -0.2) is 45.7 Å². The van der Waals surface area contributed by atoms with Crippen molar-refractivity contribution >= 4 is 27.6 Å². The van der Waals surface area contributed by atoms with Crippen LogP contribution in [-0.2, 0) is 19.6 Å². The number of hydrogen-bond donors (Lipinski definition) is 1. The van der Waals surface area contributed by atoms with Crippen molar-refractivity contribution in [2.75, 3.05) is 23.7 Å². The number of amides is 1. The average molecular weight is 356 g/mol. The van der Waals surface area contributed by atoms with Crippen LogP contribution >= 0.6 is 0 Å². The first-order valence-electron chi connectivity index (χ1n) is 7.73. The molecule has 7 nitrogen and oxygen atoms in total. The summed E-state index contributed by atoms with van der Waals surface area (Å²) in [6, 6.07) is 6.08. The van der Waals surface area contributed by atoms with Gasteiger partial charge in [0, 0.05) is 6.04 Å². The van der Waals surface area contributed by atoms with Crippen molar-refractivity contribution in [3.63, 3.8) is 0 Å². The minimum Gasteiger partial charge on any atom is -0.462 e. The molecule has 24 heavy (non-hydrogen) atoms. The van der Waals surface area contributed by atoms with Gasteiger partial charge < -0.3 is 10.1 Å². The lowest BCUT2D eigenvalue weighted by atomic mass is 10.2. The predicted octanol–water partition coefficient (Wildman–Crippen LogP) is 1.54. The number of anilines is 1. The first-order valence-corrected chi connectivity index (χ1v) is 9.58. The van der Waals surface area contributed by atoms with Gasteiger partial charge in [-0.2, -0.15) is 0 Å². The van der Waals surface area contributed by atoms with E-state index in [1.165, 1.54) is 12.1 Å². The van der Waals surface area contributed by atoms with Crippen molar-refractivity contribution in [3.05, 3.63) is 29.8 Å². The van der Waals surface area contributed by atoms with Gasteiger partial charge in [-0.05, 0) is 32.4 Å². The van der Waals surface area contributed by atoms with Crippen LogP contribution in [0.2, 0.25) is 0 Å². The lowest BCUT2D eigenvalue weighted by Crippen LogP contribution is -2.43. The Morgan fingerprint density at radius 1 is 1.25 bits per heavy atom. The second-order valence-electron chi connectivity index (χ2n) is 5.38. The lowest BCUT2D eigenvalue weighted by molar-refractivity contribution is -0.120. The fourth-order valence-electron chi connectivity index (χ4n) is 2.01. The molecule has 0 aromatic heterocycles. The van der Waals surface area contributed by atoms with Gasteiger partial charge in [-0.25, -0.2) is 13.2 Å². The Morgan fingerprint density at radius 3 is 2.42 bits per heavy atom. The minimum absolute atomic E-state index is 0.0702. The highest BCUT2D eigenvalue weighted by Gasteiger charge is 2.26. The summed E-state index contributed by atoms with van der Waals surface area (Å²) >= 11 is 0. The van der Waals surface area contributed by atoms with E-state index in [9.17, 15) is 18.0 Å². The van der Waals surface area contributed by atoms with Crippen molar-refractivity contribution in [2.24, 2.45) is 0 Å². The van der Waals surface area contributed by atoms with E-state index in [-0.39, 0.29) is 23.9 Å². The molecule has 134 valence electrons. The number of para-hydroxylation sites is 1. The van der Waals surface area contributed by atoms with E-state index in [2.05, 4.69) is 5.32 Å². The zero-order valence-corrected chi connectivity index (χ0v) is 15.2. The SMILES string of the molecule is CCOC(=O)c1ccccc1N(CC(=O)NC(C)CC)S(C)(=O)=O. The van der Waals surface area contributed by atoms with E-state index in [4.69, 9.17) is 4.74 Å². The lowest BCUT2D eigenvalue weighted by Gasteiger charge is -2.24. The highest BCUT2D eigenvalue weighted by Crippen LogP contribution is 2.23. The number of benzene rings is 1. The number of carbonyl (C=O) groups excluding carboxylic acids is 2. The quantitative estimate of drug-likeness (QED) is 0.713. The van der Waals surface area contributed by atoms with E-state index >= 15 is 0 Å². The number of rotatable bonds is 8. The van der Waals surface area contributed by atoms with Gasteiger partial charge in [0.25, 0.3) is 0 Å². The average Bonchev–Trinajstić information content (AvgIpc) is 2.51. The molecule has 0 spiro atoms. The number of hydrogen-bond acceptors (Lipinski definition) is 5. The van der Waals surface area contributed by atoms with Crippen molar-refractivity contribution in [3.8, 4) is 0 Å². The third-order valence-electron chi connectivity index (χ3n) is 3.38. The second-order valence-corrected chi connectivity index (χ2v) is 7.29. The second kappa shape index (κ2) is 8.68. The normalized spacial score (nSPS) is 12.3. The smallest absolute Gasteiger partial charge is 0.340 e. The van der Waals surface area contributed by atoms with E-state index in [0.29, 0.717) is 0 Å². The maximum absolute atomic E-state index is 12.1. The Hall–Kier alpha value is -2.09. The molecular formula is C16H24N2O5S. The fraction of sp³-hybridized carbons (Fsp3) is 0.500. The van der Waals surface area contributed by atoms with Gasteiger partial charge in [0.05, 0.1) is 24.1 Å². The molecule has 1 rings (SSSR count). The zero-order chi connectivity index (χ0) is 18.3. The molecule has 0 saturated heterocycles. The van der Waals surface area contributed by atoms with Gasteiger partial charge in [0.1, 0.15) is 6.54 Å². The van der Waals surface area contributed by atoms with Crippen molar-refractivity contribution in [2.45, 2.75) is 33.2 Å². The highest BCUT2D eigenvalue weighted by molar-refractivity contribution is 7.92. The number of nitrogens with zero attached hydrogens (tertiary/aromatic N) is 1. The summed E-state index contributed by atoms with van der Waals surface area (Å²) in [4.78, 5) is 24.2. The number of carbonyl (C=O) groups is 2. The van der Waals surface area contributed by atoms with Crippen LogP contribution in [0.5, 0.6) is 0 Å². The Balaban J connectivity index is 3.20. The monoisotopic (exact) mass is 356 g/mol. The van der Waals surface area contributed by atoms with Crippen molar-refractivity contribution in [1.82, 2.24) is 5.32 Å². The summed E-state index contributed by atoms with van der Waals surface area (Å²) in [5.41, 5.74) is 0.221. The molecule has 1 unspecified atom stereocenters. The number of ether oxygens (including phenoxy) is 1. The number of sulfonamides is 1. The summed E-state index contributed by atoms with van der Waals surface area (Å²) in [5.74, 6) is -1.07. The van der Waals surface area contributed by atoms with Crippen LogP contribution in [0.3, 0.4) is 0 Å². The summed E-state index contributed by atoms with van der Waals surface area (Å²) < 4.78 is 30.2. The maximum Gasteiger partial charge on any atom is 0.340 e. The molecule has 1 aromatic carbocycles. The van der Waals surface area contributed by atoms with E-state index in [0.717, 1.165) is 17.0 Å². The molecule has 1 atom stereocenters. The Morgan fingerprint density at radius 2 is 1.88 bits per heavy atom. The molecule has 0 saturated carbocycles. The molecule has 0 heterocycles. The molecule has 0 aliphatic carbocycles. The molecule has 0 fully saturated rings. The molecular weight excluding hydrogens is 332 g/mol. The molecule has 0 radical (unpaired) electrons. The predicted molar refractivity (Wildman–Crippen MR) is 92.5 cm³/mol. The number of nitrogens with one attached hydrogen (secondary N) is 1. The van der Waals surface area contributed by atoms with E-state index in [1.807, 2.05) is 13.8 Å². The van der Waals surface area contributed by atoms with Crippen LogP contribution < -0.4 is 9.62 Å². The minimum atomic E-state index is -3.76. The zero-order valence-electron chi connectivity index (χ0n) is 14.4. The summed E-state index contributed by atoms with van der Waals surface area (Å²) in [5, 5.41) is 2.71. The van der Waals surface area contributed by atoms with Crippen LogP contribution in [0.4, 0.5) is 5.69 Å². The fourth-order valence-corrected chi connectivity index (χ4v) is 2.87. The van der Waals surface area contributed by atoms with Gasteiger partial charge in [-0.15, -0.1) is 0 Å². The van der Waals surface area contributed by atoms with Crippen LogP contribution in [0.15, 0.2) is 24.3 Å². The van der Waals surface area contributed by atoms with Crippen LogP contribution in [0, 0.1) is 0 Å². The molecule has 8 heteroatoms. The van der Waals surface area contributed by atoms with Gasteiger partial charge >= 0.3 is 5.97 Å². The molecule has 0 aliphatic rings. The van der Waals surface area contributed by atoms with Gasteiger partial charge in [-0.1, -0.05) is 19.1 Å². The number of esters is 1. The van der Waals surface area contributed by atoms with Gasteiger partial charge in [0.15, 0.2) is 0 Å². The first-order chi connectivity index (χ1) is 11.2. The highest BCUT2D eigenvalue weighted by atomic mass is 32.2. The standard InChI is InChI=1S/C16H24N2O5S/c1-5-12(3)17-15(19)11-18(24(4,21)22)14-10-8-7-9-13(14)16(20)23-6-2/h7-10,12H,5-6,11H2,1-4H3,(H,17,19). The summed E-state index contributed by atoms with van der Waals surface area (Å²) in [7, 11) is -3.76. The molecule has 1 aromatic rings. The van der Waals surface area contributed by atoms with Crippen molar-refractivity contribution < 1.29 is 22.7 Å². The Bertz CT molecular complexity index is 687. The maximum atomic E-state index is 12.1. The molecule has 1 amide bonds. The molecule has 0 aliphatic heterocycles. The molecule has 1 N–H and O–H groups in total. The van der Waals surface area contributed by atoms with E-state index < -0.39 is 28.4 Å².